The molecule has 0 amide bonds. The second kappa shape index (κ2) is 4.32. The molecule has 0 spiro atoms. The van der Waals surface area contributed by atoms with Crippen molar-refractivity contribution in [1.29, 1.82) is 0 Å². The Morgan fingerprint density at radius 1 is 1.45 bits per heavy atom. The Labute approximate surface area is 74.8 Å². The largest absolute Gasteiger partial charge is 0.393 e. The van der Waals surface area contributed by atoms with Crippen LogP contribution in [0.2, 0.25) is 0 Å². The molecule has 0 saturated carbocycles. The highest BCUT2D eigenvalue weighted by Crippen LogP contribution is 2.23. The van der Waals surface area contributed by atoms with Crippen LogP contribution in [0, 0.1) is 5.92 Å². The zero-order valence-corrected chi connectivity index (χ0v) is 8.65. The maximum absolute atomic E-state index is 9.57. The molecule has 0 aromatic carbocycles. The highest BCUT2D eigenvalue weighted by atomic mass is 35.5. The molecule has 1 N–H and O–H groups in total. The summed E-state index contributed by atoms with van der Waals surface area (Å²) < 4.78 is 0. The highest BCUT2D eigenvalue weighted by Gasteiger charge is 2.22. The number of hydrogen-bond donors (Lipinski definition) is 1. The minimum Gasteiger partial charge on any atom is -0.393 e. The molecular weight excluding hydrogens is 160 g/mol. The lowest BCUT2D eigenvalue weighted by atomic mass is 9.94. The quantitative estimate of drug-likeness (QED) is 0.657. The van der Waals surface area contributed by atoms with Gasteiger partial charge in [-0.05, 0) is 26.2 Å². The van der Waals surface area contributed by atoms with E-state index in [9.17, 15) is 5.11 Å². The number of rotatable bonds is 4. The summed E-state index contributed by atoms with van der Waals surface area (Å²) in [7, 11) is 0. The van der Waals surface area contributed by atoms with E-state index in [2.05, 4.69) is 6.92 Å². The van der Waals surface area contributed by atoms with Crippen molar-refractivity contribution in [3.8, 4) is 0 Å². The van der Waals surface area contributed by atoms with Crippen LogP contribution < -0.4 is 0 Å². The average molecular weight is 179 g/mol. The summed E-state index contributed by atoms with van der Waals surface area (Å²) in [5.74, 6) is 0.355. The molecule has 0 aliphatic rings. The lowest BCUT2D eigenvalue weighted by molar-refractivity contribution is 0.0968. The van der Waals surface area contributed by atoms with Gasteiger partial charge >= 0.3 is 0 Å². The van der Waals surface area contributed by atoms with Crippen LogP contribution in [0.1, 0.15) is 40.5 Å². The average Bonchev–Trinajstić information content (AvgIpc) is 1.82. The zero-order valence-electron chi connectivity index (χ0n) is 7.89. The molecule has 0 radical (unpaired) electrons. The molecule has 0 heterocycles. The van der Waals surface area contributed by atoms with Crippen molar-refractivity contribution in [2.24, 2.45) is 5.92 Å². The molecule has 2 heteroatoms. The normalized spacial score (nSPS) is 18.0. The fourth-order valence-electron chi connectivity index (χ4n) is 0.971. The van der Waals surface area contributed by atoms with E-state index in [0.29, 0.717) is 12.3 Å². The predicted molar refractivity (Wildman–Crippen MR) is 50.0 cm³/mol. The summed E-state index contributed by atoms with van der Waals surface area (Å²) in [6.07, 6.45) is 1.42. The summed E-state index contributed by atoms with van der Waals surface area (Å²) in [6.45, 7) is 7.99. The van der Waals surface area contributed by atoms with Gasteiger partial charge in [0.05, 0.1) is 6.10 Å². The maximum Gasteiger partial charge on any atom is 0.0582 e. The summed E-state index contributed by atoms with van der Waals surface area (Å²) in [5, 5.41) is 9.57. The first-order valence-corrected chi connectivity index (χ1v) is 4.61. The Hall–Kier alpha value is 0.250. The summed E-state index contributed by atoms with van der Waals surface area (Å²) in [5.41, 5.74) is 0. The van der Waals surface area contributed by atoms with E-state index >= 15 is 0 Å². The van der Waals surface area contributed by atoms with Crippen molar-refractivity contribution < 1.29 is 5.11 Å². The Balaban J connectivity index is 3.77. The van der Waals surface area contributed by atoms with Gasteiger partial charge in [0.1, 0.15) is 0 Å². The third kappa shape index (κ3) is 5.51. The highest BCUT2D eigenvalue weighted by molar-refractivity contribution is 6.23. The van der Waals surface area contributed by atoms with Gasteiger partial charge in [-0.1, -0.05) is 20.3 Å². The first-order valence-electron chi connectivity index (χ1n) is 4.24. The van der Waals surface area contributed by atoms with Crippen molar-refractivity contribution in [1.82, 2.24) is 0 Å². The van der Waals surface area contributed by atoms with Crippen molar-refractivity contribution in [2.75, 3.05) is 0 Å². The van der Waals surface area contributed by atoms with Gasteiger partial charge in [-0.25, -0.2) is 0 Å². The van der Waals surface area contributed by atoms with Crippen LogP contribution in [0.5, 0.6) is 0 Å². The van der Waals surface area contributed by atoms with Crippen molar-refractivity contribution in [3.63, 3.8) is 0 Å². The third-order valence-corrected chi connectivity index (χ3v) is 2.15. The molecule has 1 nitrogen and oxygen atoms in total. The molecule has 0 rings (SSSR count). The molecular formula is C9H19ClO. The Bertz CT molecular complexity index is 107. The topological polar surface area (TPSA) is 20.2 Å². The minimum absolute atomic E-state index is 0.257. The number of alkyl halides is 1. The van der Waals surface area contributed by atoms with E-state index in [1.165, 1.54) is 0 Å². The van der Waals surface area contributed by atoms with Crippen LogP contribution >= 0.6 is 11.6 Å². The molecule has 0 aliphatic carbocycles. The van der Waals surface area contributed by atoms with Crippen molar-refractivity contribution >= 4 is 11.6 Å². The van der Waals surface area contributed by atoms with Gasteiger partial charge in [0.15, 0.2) is 0 Å². The van der Waals surface area contributed by atoms with Gasteiger partial charge in [-0.15, -0.1) is 11.6 Å². The summed E-state index contributed by atoms with van der Waals surface area (Å²) in [4.78, 5) is -0.275. The van der Waals surface area contributed by atoms with E-state index < -0.39 is 0 Å². The fourth-order valence-corrected chi connectivity index (χ4v) is 1.13. The molecule has 2 unspecified atom stereocenters. The van der Waals surface area contributed by atoms with Crippen LogP contribution in [0.3, 0.4) is 0 Å². The van der Waals surface area contributed by atoms with Gasteiger partial charge in [0.25, 0.3) is 0 Å². The molecule has 0 aliphatic heterocycles. The second-order valence-electron chi connectivity index (χ2n) is 3.88. The lowest BCUT2D eigenvalue weighted by Crippen LogP contribution is -2.25. The van der Waals surface area contributed by atoms with E-state index in [0.717, 1.165) is 6.42 Å². The zero-order chi connectivity index (χ0) is 9.07. The van der Waals surface area contributed by atoms with E-state index in [-0.39, 0.29) is 11.0 Å². The Morgan fingerprint density at radius 2 is 1.91 bits per heavy atom. The van der Waals surface area contributed by atoms with Gasteiger partial charge in [0.2, 0.25) is 0 Å². The second-order valence-corrected chi connectivity index (χ2v) is 4.90. The molecule has 0 saturated heterocycles. The number of aliphatic hydroxyl groups excluding tert-OH is 1. The summed E-state index contributed by atoms with van der Waals surface area (Å²) >= 11 is 5.97. The molecule has 0 aromatic heterocycles. The van der Waals surface area contributed by atoms with Crippen molar-refractivity contribution in [2.45, 2.75) is 51.5 Å². The number of hydrogen-bond acceptors (Lipinski definition) is 1. The van der Waals surface area contributed by atoms with Crippen LogP contribution in [-0.4, -0.2) is 16.1 Å². The molecule has 2 atom stereocenters. The SMILES string of the molecule is CCC(C)C(O)CC(C)(C)Cl. The van der Waals surface area contributed by atoms with Gasteiger partial charge < -0.3 is 5.11 Å². The standard InChI is InChI=1S/C9H19ClO/c1-5-7(2)8(11)6-9(3,4)10/h7-8,11H,5-6H2,1-4H3. The Morgan fingerprint density at radius 3 is 2.18 bits per heavy atom. The fraction of sp³-hybridized carbons (Fsp3) is 1.00. The van der Waals surface area contributed by atoms with Crippen LogP contribution in [-0.2, 0) is 0 Å². The first-order chi connectivity index (χ1) is 4.87. The van der Waals surface area contributed by atoms with Crippen LogP contribution in [0.15, 0.2) is 0 Å². The van der Waals surface area contributed by atoms with Crippen LogP contribution in [0.4, 0.5) is 0 Å². The summed E-state index contributed by atoms with van der Waals surface area (Å²) in [6, 6.07) is 0. The smallest absolute Gasteiger partial charge is 0.0582 e. The minimum atomic E-state index is -0.275. The molecule has 0 fully saturated rings. The van der Waals surface area contributed by atoms with E-state index in [1.807, 2.05) is 20.8 Å². The van der Waals surface area contributed by atoms with Gasteiger partial charge in [-0.2, -0.15) is 0 Å². The first kappa shape index (κ1) is 11.2. The Kier molecular flexibility index (Phi) is 4.42. The van der Waals surface area contributed by atoms with Gasteiger partial charge in [-0.3, -0.25) is 0 Å². The molecule has 68 valence electrons. The number of aliphatic hydroxyl groups is 1. The maximum atomic E-state index is 9.57. The molecule has 11 heavy (non-hydrogen) atoms. The molecule has 0 bridgehead atoms. The number of halogens is 1. The third-order valence-electron chi connectivity index (χ3n) is 2.00. The lowest BCUT2D eigenvalue weighted by Gasteiger charge is -2.23. The molecule has 0 aromatic rings. The van der Waals surface area contributed by atoms with E-state index in [4.69, 9.17) is 11.6 Å². The predicted octanol–water partition coefficient (Wildman–Crippen LogP) is 2.80. The van der Waals surface area contributed by atoms with Crippen LogP contribution in [0.25, 0.3) is 0 Å². The van der Waals surface area contributed by atoms with Crippen molar-refractivity contribution in [3.05, 3.63) is 0 Å². The van der Waals surface area contributed by atoms with Gasteiger partial charge in [0, 0.05) is 4.87 Å². The van der Waals surface area contributed by atoms with E-state index in [1.54, 1.807) is 0 Å². The monoisotopic (exact) mass is 178 g/mol.